The predicted molar refractivity (Wildman–Crippen MR) is 96.1 cm³/mol. The Bertz CT molecular complexity index is 769. The molecule has 1 heterocycles. The van der Waals surface area contributed by atoms with E-state index in [2.05, 4.69) is 5.32 Å². The van der Waals surface area contributed by atoms with Gasteiger partial charge in [-0.15, -0.1) is 0 Å². The molecule has 152 valence electrons. The number of halogens is 5. The van der Waals surface area contributed by atoms with E-state index in [1.807, 2.05) is 0 Å². The quantitative estimate of drug-likeness (QED) is 0.747. The van der Waals surface area contributed by atoms with Crippen molar-refractivity contribution in [1.29, 1.82) is 0 Å². The summed E-state index contributed by atoms with van der Waals surface area (Å²) in [5.41, 5.74) is 0.807. The highest BCUT2D eigenvalue weighted by atomic mass is 19.4. The first-order chi connectivity index (χ1) is 13.2. The second kappa shape index (κ2) is 8.14. The van der Waals surface area contributed by atoms with Crippen LogP contribution >= 0.6 is 0 Å². The first kappa shape index (κ1) is 20.7. The zero-order valence-electron chi connectivity index (χ0n) is 15.0. The van der Waals surface area contributed by atoms with Gasteiger partial charge in [-0.2, -0.15) is 13.2 Å². The van der Waals surface area contributed by atoms with Crippen molar-refractivity contribution in [2.75, 3.05) is 32.8 Å². The molecule has 1 fully saturated rings. The second-order valence-corrected chi connectivity index (χ2v) is 6.80. The molecule has 0 unspecified atom stereocenters. The normalized spacial score (nSPS) is 17.5. The summed E-state index contributed by atoms with van der Waals surface area (Å²) in [6.07, 6.45) is -4.41. The monoisotopic (exact) mass is 400 g/mol. The highest BCUT2D eigenvalue weighted by molar-refractivity contribution is 5.64. The van der Waals surface area contributed by atoms with Crippen LogP contribution in [0.25, 0.3) is 11.1 Å². The topological polar surface area (TPSA) is 35.5 Å². The van der Waals surface area contributed by atoms with Gasteiger partial charge in [-0.25, -0.2) is 8.78 Å². The van der Waals surface area contributed by atoms with Crippen LogP contribution in [0.2, 0.25) is 0 Å². The van der Waals surface area contributed by atoms with E-state index in [4.69, 9.17) is 0 Å². The number of piperazine rings is 1. The van der Waals surface area contributed by atoms with Crippen molar-refractivity contribution in [3.05, 3.63) is 59.7 Å². The van der Waals surface area contributed by atoms with Crippen molar-refractivity contribution < 1.29 is 27.1 Å². The molecule has 2 N–H and O–H groups in total. The Balaban J connectivity index is 1.86. The Morgan fingerprint density at radius 1 is 0.857 bits per heavy atom. The summed E-state index contributed by atoms with van der Waals surface area (Å²) < 4.78 is 67.0. The first-order valence-corrected chi connectivity index (χ1v) is 8.93. The van der Waals surface area contributed by atoms with Crippen LogP contribution in [0.5, 0.6) is 0 Å². The molecule has 1 saturated heterocycles. The van der Waals surface area contributed by atoms with Crippen LogP contribution in [0, 0.1) is 0 Å². The molecule has 0 bridgehead atoms. The Labute approximate surface area is 159 Å². The summed E-state index contributed by atoms with van der Waals surface area (Å²) >= 11 is 0. The van der Waals surface area contributed by atoms with Gasteiger partial charge in [0.1, 0.15) is 12.6 Å². The lowest BCUT2D eigenvalue weighted by Gasteiger charge is -2.38. The average Bonchev–Trinajstić information content (AvgIpc) is 2.69. The molecule has 1 aliphatic rings. The number of hydrogen-bond donors (Lipinski definition) is 2. The van der Waals surface area contributed by atoms with Gasteiger partial charge in [0, 0.05) is 26.2 Å². The van der Waals surface area contributed by atoms with Crippen LogP contribution in [-0.4, -0.2) is 48.7 Å². The molecule has 0 spiro atoms. The van der Waals surface area contributed by atoms with Gasteiger partial charge in [0.25, 0.3) is 5.92 Å². The van der Waals surface area contributed by atoms with Gasteiger partial charge in [-0.3, -0.25) is 4.90 Å². The van der Waals surface area contributed by atoms with Crippen molar-refractivity contribution in [2.45, 2.75) is 18.1 Å². The molecule has 1 atom stereocenters. The largest absolute Gasteiger partial charge is 0.416 e. The molecule has 3 rings (SSSR count). The number of benzene rings is 2. The number of rotatable bonds is 5. The van der Waals surface area contributed by atoms with Crippen molar-refractivity contribution in [1.82, 2.24) is 10.2 Å². The van der Waals surface area contributed by atoms with Crippen LogP contribution < -0.4 is 5.32 Å². The lowest BCUT2D eigenvalue weighted by molar-refractivity contribution is -0.137. The first-order valence-electron chi connectivity index (χ1n) is 8.93. The van der Waals surface area contributed by atoms with E-state index in [1.54, 1.807) is 29.2 Å². The fourth-order valence-electron chi connectivity index (χ4n) is 3.46. The molecule has 0 saturated carbocycles. The summed E-state index contributed by atoms with van der Waals surface area (Å²) in [4.78, 5) is 1.64. The summed E-state index contributed by atoms with van der Waals surface area (Å²) in [6, 6.07) is 9.75. The molecule has 1 aliphatic heterocycles. The van der Waals surface area contributed by atoms with Crippen LogP contribution in [-0.2, 0) is 6.18 Å². The van der Waals surface area contributed by atoms with Crippen molar-refractivity contribution in [2.24, 2.45) is 0 Å². The maximum Gasteiger partial charge on any atom is 0.416 e. The molecule has 8 heteroatoms. The van der Waals surface area contributed by atoms with E-state index < -0.39 is 30.3 Å². The molecule has 2 aromatic rings. The van der Waals surface area contributed by atoms with Crippen LogP contribution in [0.4, 0.5) is 22.0 Å². The summed E-state index contributed by atoms with van der Waals surface area (Å²) in [6.45, 7) is 0.771. The van der Waals surface area contributed by atoms with Gasteiger partial charge >= 0.3 is 6.18 Å². The zero-order valence-corrected chi connectivity index (χ0v) is 15.0. The average molecular weight is 400 g/mol. The fraction of sp³-hybridized carbons (Fsp3) is 0.400. The summed E-state index contributed by atoms with van der Waals surface area (Å²) in [7, 11) is 0. The smallest absolute Gasteiger partial charge is 0.390 e. The van der Waals surface area contributed by atoms with E-state index in [1.165, 1.54) is 12.1 Å². The number of aliphatic hydroxyl groups is 1. The van der Waals surface area contributed by atoms with Crippen molar-refractivity contribution in [3.63, 3.8) is 0 Å². The number of alkyl halides is 5. The van der Waals surface area contributed by atoms with E-state index in [-0.39, 0.29) is 0 Å². The lowest BCUT2D eigenvalue weighted by Crippen LogP contribution is -2.51. The van der Waals surface area contributed by atoms with Gasteiger partial charge in [0.15, 0.2) is 0 Å². The lowest BCUT2D eigenvalue weighted by atomic mass is 9.95. The van der Waals surface area contributed by atoms with E-state index in [0.29, 0.717) is 42.9 Å². The third-order valence-corrected chi connectivity index (χ3v) is 4.90. The number of nitrogens with zero attached hydrogens (tertiary/aromatic N) is 1. The number of aliphatic hydroxyl groups excluding tert-OH is 1. The predicted octanol–water partition coefficient (Wildman–Crippen LogP) is 3.95. The Hall–Kier alpha value is -2.03. The van der Waals surface area contributed by atoms with Gasteiger partial charge in [0.2, 0.25) is 0 Å². The Morgan fingerprint density at radius 3 is 1.82 bits per heavy atom. The summed E-state index contributed by atoms with van der Waals surface area (Å²) in [5, 5.41) is 12.3. The minimum atomic E-state index is -4.41. The second-order valence-electron chi connectivity index (χ2n) is 6.80. The third kappa shape index (κ3) is 4.51. The number of nitrogens with one attached hydrogen (secondary N) is 1. The molecule has 0 aromatic heterocycles. The Morgan fingerprint density at radius 2 is 1.36 bits per heavy atom. The van der Waals surface area contributed by atoms with Crippen LogP contribution in [0.3, 0.4) is 0 Å². The summed E-state index contributed by atoms with van der Waals surface area (Å²) in [5.74, 6) is -3.31. The SMILES string of the molecule is OCC(F)(F)[C@@H](c1ccc(-c2ccc(C(F)(F)F)cc2)cc1)N1CCNCC1. The van der Waals surface area contributed by atoms with E-state index >= 15 is 0 Å². The van der Waals surface area contributed by atoms with Gasteiger partial charge < -0.3 is 10.4 Å². The van der Waals surface area contributed by atoms with Crippen molar-refractivity contribution >= 4 is 0 Å². The van der Waals surface area contributed by atoms with Gasteiger partial charge in [-0.1, -0.05) is 36.4 Å². The minimum absolute atomic E-state index is 0.358. The van der Waals surface area contributed by atoms with Gasteiger partial charge in [0.05, 0.1) is 5.56 Å². The van der Waals surface area contributed by atoms with E-state index in [9.17, 15) is 27.1 Å². The molecule has 2 aromatic carbocycles. The van der Waals surface area contributed by atoms with Crippen molar-refractivity contribution in [3.8, 4) is 11.1 Å². The van der Waals surface area contributed by atoms with Gasteiger partial charge in [-0.05, 0) is 28.8 Å². The minimum Gasteiger partial charge on any atom is -0.390 e. The molecular weight excluding hydrogens is 379 g/mol. The molecule has 0 radical (unpaired) electrons. The maximum absolute atomic E-state index is 14.4. The number of hydrogen-bond acceptors (Lipinski definition) is 3. The third-order valence-electron chi connectivity index (χ3n) is 4.90. The molecular formula is C20H21F5N2O. The fourth-order valence-corrected chi connectivity index (χ4v) is 3.46. The Kier molecular flexibility index (Phi) is 6.02. The molecule has 0 amide bonds. The zero-order chi connectivity index (χ0) is 20.4. The highest BCUT2D eigenvalue weighted by Gasteiger charge is 2.44. The maximum atomic E-state index is 14.4. The molecule has 28 heavy (non-hydrogen) atoms. The molecule has 3 nitrogen and oxygen atoms in total. The van der Waals surface area contributed by atoms with Crippen LogP contribution in [0.1, 0.15) is 17.2 Å². The standard InChI is InChI=1S/C20H21F5N2O/c21-19(22,13-28)18(27-11-9-26-10-12-27)16-3-1-14(2-4-16)15-5-7-17(8-6-15)20(23,24)25/h1-8,18,26,28H,9-13H2/t18-/m1/s1. The highest BCUT2D eigenvalue weighted by Crippen LogP contribution is 2.37. The molecule has 0 aliphatic carbocycles. The van der Waals surface area contributed by atoms with E-state index in [0.717, 1.165) is 12.1 Å². The van der Waals surface area contributed by atoms with Crippen LogP contribution in [0.15, 0.2) is 48.5 Å².